The number of hydrogen-bond donors (Lipinski definition) is 0. The van der Waals surface area contributed by atoms with Gasteiger partial charge in [0.2, 0.25) is 0 Å². The summed E-state index contributed by atoms with van der Waals surface area (Å²) in [4.78, 5) is 0. The number of benzene rings is 21. The van der Waals surface area contributed by atoms with Gasteiger partial charge in [0, 0.05) is 98.4 Å². The minimum atomic E-state index is 0.872. The third kappa shape index (κ3) is 13.2. The smallest absolute Gasteiger partial charge is 0.161 e. The lowest BCUT2D eigenvalue weighted by Crippen LogP contribution is -1.93. The van der Waals surface area contributed by atoms with Crippen LogP contribution in [0.25, 0.3) is 282 Å². The molecule has 0 aliphatic carbocycles. The zero-order valence-corrected chi connectivity index (χ0v) is 76.1. The van der Waals surface area contributed by atoms with Crippen molar-refractivity contribution in [3.8, 4) is 117 Å². The predicted molar refractivity (Wildman–Crippen MR) is 582 cm³/mol. The summed E-state index contributed by atoms with van der Waals surface area (Å²) >= 11 is 0. The van der Waals surface area contributed by atoms with Gasteiger partial charge in [0.15, 0.2) is 16.7 Å². The van der Waals surface area contributed by atoms with Crippen LogP contribution in [0.3, 0.4) is 0 Å². The summed E-state index contributed by atoms with van der Waals surface area (Å²) in [6.07, 6.45) is 0. The van der Waals surface area contributed by atoms with Crippen molar-refractivity contribution < 1.29 is 26.5 Å². The van der Waals surface area contributed by atoms with E-state index in [1.807, 2.05) is 18.2 Å². The summed E-state index contributed by atoms with van der Waals surface area (Å²) in [6.45, 7) is 0. The Balaban J connectivity index is 0.000000104. The quantitative estimate of drug-likeness (QED) is 0.121. The fourth-order valence-electron chi connectivity index (χ4n) is 21.9. The molecule has 0 saturated carbocycles. The minimum Gasteiger partial charge on any atom is -0.456 e. The molecule has 9 heteroatoms. The first-order valence-corrected chi connectivity index (χ1v) is 47.8. The molecule has 0 amide bonds. The zero-order valence-electron chi connectivity index (χ0n) is 76.1. The van der Waals surface area contributed by atoms with E-state index in [4.69, 9.17) is 26.5 Å². The number of rotatable bonds is 12. The second-order valence-corrected chi connectivity index (χ2v) is 36.2. The lowest BCUT2D eigenvalue weighted by molar-refractivity contribution is 0.669. The summed E-state index contributed by atoms with van der Waals surface area (Å²) in [5.41, 5.74) is 41.2. The number of furan rings is 6. The van der Waals surface area contributed by atoms with Crippen LogP contribution in [0.15, 0.2) is 518 Å². The molecule has 141 heavy (non-hydrogen) atoms. The lowest BCUT2D eigenvalue weighted by Gasteiger charge is -2.12. The molecule has 30 aromatic rings. The zero-order chi connectivity index (χ0) is 92.7. The SMILES string of the molecule is c1ccc(-c2ccc3c(c2)oc2cc(-c4ccccc4-c4ccc5oc6c7ccccc7n(-c7ccccc7)c6c5c4)ccc23)cc1.c1ccc(-c2cccc3c2oc2c(-c4ccccc4-c4ccc5oc6c7ccccc7n(-c7ccccc7)c6c5c4)cccc23)cc1.c1ccc(-c2cccc3c2oc2cccc(-c4ccccc4-c4ccc5c(c4)oc4c6ccccc6n(-c6ccccc6)c54)c23)cc1. The van der Waals surface area contributed by atoms with E-state index in [0.29, 0.717) is 0 Å². The highest BCUT2D eigenvalue weighted by Gasteiger charge is 2.28. The molecule has 9 aromatic heterocycles. The molecule has 0 N–H and O–H groups in total. The molecule has 0 fully saturated rings. The number of fused-ring (bicyclic) bond motifs is 24. The molecule has 0 saturated heterocycles. The Kier molecular flexibility index (Phi) is 18.8. The van der Waals surface area contributed by atoms with Crippen LogP contribution in [-0.4, -0.2) is 13.7 Å². The normalized spacial score (nSPS) is 11.8. The Hall–Kier alpha value is -19.0. The second kappa shape index (κ2) is 33.0. The Labute approximate surface area is 807 Å². The van der Waals surface area contributed by atoms with E-state index >= 15 is 0 Å². The molecule has 0 aliphatic rings. The number of hydrogen-bond acceptors (Lipinski definition) is 6. The summed E-state index contributed by atoms with van der Waals surface area (Å²) in [7, 11) is 0. The van der Waals surface area contributed by atoms with Crippen molar-refractivity contribution in [3.63, 3.8) is 0 Å². The van der Waals surface area contributed by atoms with E-state index in [1.165, 1.54) is 5.56 Å². The monoisotopic (exact) mass is 1800 g/mol. The highest BCUT2D eigenvalue weighted by molar-refractivity contribution is 6.23. The molecule has 30 rings (SSSR count). The van der Waals surface area contributed by atoms with Crippen molar-refractivity contribution in [3.05, 3.63) is 491 Å². The van der Waals surface area contributed by atoms with Gasteiger partial charge in [-0.1, -0.05) is 352 Å². The molecule has 0 atom stereocenters. The molecular weight excluding hydrogens is 1720 g/mol. The van der Waals surface area contributed by atoms with Gasteiger partial charge in [-0.25, -0.2) is 0 Å². The molecule has 9 heterocycles. The largest absolute Gasteiger partial charge is 0.456 e. The first kappa shape index (κ1) is 80.5. The van der Waals surface area contributed by atoms with Crippen molar-refractivity contribution in [2.75, 3.05) is 0 Å². The van der Waals surface area contributed by atoms with Crippen molar-refractivity contribution in [1.29, 1.82) is 0 Å². The molecule has 0 aliphatic heterocycles. The third-order valence-electron chi connectivity index (χ3n) is 28.3. The Morgan fingerprint density at radius 3 is 0.901 bits per heavy atom. The standard InChI is InChI=1S/3C44H27NO2/c1-3-13-28(14-4-1)32-20-11-22-35-36-23-12-21-34(43(36)47-42(32)35)33-18-8-7-17-31(33)29-25-26-40-38(27-29)41-44(46-40)37-19-9-10-24-39(37)45(41)30-15-5-2-6-16-30;1-3-13-28(14-4-1)32-20-11-22-37-41-34(21-12-24-39(41)46-43(32)37)33-18-8-7-17-31(33)29-25-26-36-40(27-29)47-44-35-19-9-10-23-38(35)45(42(36)44)30-15-5-2-6-16-30;1-3-11-28(12-4-1)29-19-22-35-36-23-20-31(27-42(36)46-41(35)26-29)34-16-8-7-15-33(34)30-21-24-40-38(25-30)43-44(47-40)37-17-9-10-18-39(37)45(43)32-13-5-2-6-14-32/h3*1-27H. The van der Waals surface area contributed by atoms with Gasteiger partial charge >= 0.3 is 0 Å². The van der Waals surface area contributed by atoms with Gasteiger partial charge in [0.1, 0.15) is 66.8 Å². The maximum Gasteiger partial charge on any atom is 0.161 e. The summed E-state index contributed by atoms with van der Waals surface area (Å²) in [5, 5.41) is 13.3. The minimum absolute atomic E-state index is 0.872. The number of aromatic nitrogens is 3. The van der Waals surface area contributed by atoms with Gasteiger partial charge in [-0.05, 0) is 223 Å². The summed E-state index contributed by atoms with van der Waals surface area (Å²) in [5.74, 6) is 0. The van der Waals surface area contributed by atoms with Crippen molar-refractivity contribution in [2.24, 2.45) is 0 Å². The predicted octanol–water partition coefficient (Wildman–Crippen LogP) is 37.3. The van der Waals surface area contributed by atoms with E-state index in [-0.39, 0.29) is 0 Å². The molecule has 660 valence electrons. The fraction of sp³-hybridized carbons (Fsp3) is 0. The second-order valence-electron chi connectivity index (χ2n) is 36.2. The van der Waals surface area contributed by atoms with Crippen molar-refractivity contribution >= 4 is 165 Å². The Morgan fingerprint density at radius 1 is 0.128 bits per heavy atom. The van der Waals surface area contributed by atoms with Crippen LogP contribution in [0.5, 0.6) is 0 Å². The van der Waals surface area contributed by atoms with Crippen LogP contribution in [-0.2, 0) is 0 Å². The van der Waals surface area contributed by atoms with Crippen LogP contribution < -0.4 is 0 Å². The van der Waals surface area contributed by atoms with E-state index in [2.05, 4.69) is 487 Å². The van der Waals surface area contributed by atoms with E-state index in [9.17, 15) is 0 Å². The number of para-hydroxylation sites is 9. The topological polar surface area (TPSA) is 93.6 Å². The van der Waals surface area contributed by atoms with Gasteiger partial charge in [-0.2, -0.15) is 0 Å². The molecular formula is C132H81N3O6. The van der Waals surface area contributed by atoms with Gasteiger partial charge in [-0.3, -0.25) is 0 Å². The Morgan fingerprint density at radius 2 is 0.426 bits per heavy atom. The van der Waals surface area contributed by atoms with Crippen molar-refractivity contribution in [2.45, 2.75) is 0 Å². The average Bonchev–Trinajstić information content (AvgIpc) is 1.56. The van der Waals surface area contributed by atoms with Crippen LogP contribution >= 0.6 is 0 Å². The van der Waals surface area contributed by atoms with Gasteiger partial charge in [0.25, 0.3) is 0 Å². The summed E-state index contributed by atoms with van der Waals surface area (Å²) in [6, 6.07) is 173. The van der Waals surface area contributed by atoms with Gasteiger partial charge in [0.05, 0.1) is 16.6 Å². The highest BCUT2D eigenvalue weighted by Crippen LogP contribution is 2.51. The molecule has 9 nitrogen and oxygen atoms in total. The molecule has 0 bridgehead atoms. The van der Waals surface area contributed by atoms with Crippen molar-refractivity contribution in [1.82, 2.24) is 13.7 Å². The van der Waals surface area contributed by atoms with Crippen LogP contribution in [0, 0.1) is 0 Å². The molecule has 21 aromatic carbocycles. The van der Waals surface area contributed by atoms with E-state index in [1.54, 1.807) is 0 Å². The first-order chi connectivity index (χ1) is 70.0. The van der Waals surface area contributed by atoms with Gasteiger partial charge in [-0.15, -0.1) is 0 Å². The first-order valence-electron chi connectivity index (χ1n) is 47.8. The molecule has 0 spiro atoms. The molecule has 0 unspecified atom stereocenters. The summed E-state index contributed by atoms with van der Waals surface area (Å²) < 4.78 is 46.7. The highest BCUT2D eigenvalue weighted by atomic mass is 16.4. The molecule has 0 radical (unpaired) electrons. The van der Waals surface area contributed by atoms with Crippen LogP contribution in [0.4, 0.5) is 0 Å². The maximum atomic E-state index is 6.81. The number of nitrogens with zero attached hydrogens (tertiary/aromatic N) is 3. The van der Waals surface area contributed by atoms with Crippen LogP contribution in [0.1, 0.15) is 0 Å². The van der Waals surface area contributed by atoms with E-state index < -0.39 is 0 Å². The lowest BCUT2D eigenvalue weighted by atomic mass is 9.91. The average molecular weight is 1810 g/mol. The van der Waals surface area contributed by atoms with E-state index in [0.717, 1.165) is 276 Å². The Bertz CT molecular complexity index is 10200. The van der Waals surface area contributed by atoms with Gasteiger partial charge < -0.3 is 40.2 Å². The third-order valence-corrected chi connectivity index (χ3v) is 28.3. The van der Waals surface area contributed by atoms with Crippen LogP contribution in [0.2, 0.25) is 0 Å². The maximum absolute atomic E-state index is 6.81. The fourth-order valence-corrected chi connectivity index (χ4v) is 21.9.